The van der Waals surface area contributed by atoms with Gasteiger partial charge in [0.25, 0.3) is 0 Å². The Morgan fingerprint density at radius 3 is 2.47 bits per heavy atom. The normalized spacial score (nSPS) is 12.1. The van der Waals surface area contributed by atoms with E-state index in [9.17, 15) is 0 Å². The van der Waals surface area contributed by atoms with Crippen molar-refractivity contribution < 1.29 is 0 Å². The number of aromatic nitrogens is 2. The van der Waals surface area contributed by atoms with E-state index in [0.29, 0.717) is 6.54 Å². The highest BCUT2D eigenvalue weighted by molar-refractivity contribution is 5.17. The number of nitrogens with zero attached hydrogens (tertiary/aromatic N) is 2. The van der Waals surface area contributed by atoms with Gasteiger partial charge in [-0.1, -0.05) is 47.0 Å². The molecule has 0 radical (unpaired) electrons. The first-order chi connectivity index (χ1) is 7.99. The van der Waals surface area contributed by atoms with E-state index in [4.69, 9.17) is 5.73 Å². The molecule has 1 heterocycles. The van der Waals surface area contributed by atoms with Crippen molar-refractivity contribution >= 4 is 0 Å². The number of aryl methyl sites for hydroxylation is 1. The molecule has 1 rings (SSSR count). The Morgan fingerprint density at radius 1 is 1.24 bits per heavy atom. The van der Waals surface area contributed by atoms with Crippen molar-refractivity contribution in [3.63, 3.8) is 0 Å². The first-order valence-corrected chi connectivity index (χ1v) is 6.76. The second-order valence-corrected chi connectivity index (χ2v) is 5.76. The lowest BCUT2D eigenvalue weighted by molar-refractivity contribution is 0.498. The van der Waals surface area contributed by atoms with E-state index in [1.807, 2.05) is 0 Å². The molecule has 1 aromatic rings. The molecule has 0 saturated carbocycles. The molecular formula is C14H27N3. The van der Waals surface area contributed by atoms with Crippen LogP contribution in [0, 0.1) is 0 Å². The highest BCUT2D eigenvalue weighted by Crippen LogP contribution is 2.21. The van der Waals surface area contributed by atoms with Gasteiger partial charge in [-0.05, 0) is 12.5 Å². The smallest absolute Gasteiger partial charge is 0.0681 e. The van der Waals surface area contributed by atoms with Gasteiger partial charge in [-0.3, -0.25) is 4.68 Å². The monoisotopic (exact) mass is 237 g/mol. The van der Waals surface area contributed by atoms with E-state index in [1.165, 1.54) is 25.7 Å². The number of nitrogens with two attached hydrogens (primary N) is 1. The predicted octanol–water partition coefficient (Wildman–Crippen LogP) is 3.22. The Hall–Kier alpha value is -0.830. The second-order valence-electron chi connectivity index (χ2n) is 5.76. The molecular weight excluding hydrogens is 210 g/mol. The summed E-state index contributed by atoms with van der Waals surface area (Å²) in [6.45, 7) is 10.4. The quantitative estimate of drug-likeness (QED) is 0.772. The van der Waals surface area contributed by atoms with Crippen LogP contribution in [0.3, 0.4) is 0 Å². The number of hydrogen-bond acceptors (Lipinski definition) is 2. The summed E-state index contributed by atoms with van der Waals surface area (Å²) < 4.78 is 2.09. The molecule has 0 aliphatic heterocycles. The maximum absolute atomic E-state index is 5.78. The number of hydrogen-bond donors (Lipinski definition) is 1. The van der Waals surface area contributed by atoms with Crippen molar-refractivity contribution in [2.75, 3.05) is 0 Å². The summed E-state index contributed by atoms with van der Waals surface area (Å²) in [6.07, 6.45) is 5.07. The van der Waals surface area contributed by atoms with Crippen molar-refractivity contribution in [3.8, 4) is 0 Å². The van der Waals surface area contributed by atoms with E-state index in [-0.39, 0.29) is 5.41 Å². The van der Waals surface area contributed by atoms with Gasteiger partial charge in [0.1, 0.15) is 0 Å². The molecule has 0 atom stereocenters. The average molecular weight is 237 g/mol. The van der Waals surface area contributed by atoms with Gasteiger partial charge in [0.15, 0.2) is 0 Å². The minimum Gasteiger partial charge on any atom is -0.325 e. The number of rotatable bonds is 6. The minimum atomic E-state index is 0.110. The fraction of sp³-hybridized carbons (Fsp3) is 0.786. The van der Waals surface area contributed by atoms with Crippen molar-refractivity contribution in [3.05, 3.63) is 17.5 Å². The maximum Gasteiger partial charge on any atom is 0.0681 e. The predicted molar refractivity (Wildman–Crippen MR) is 73.0 cm³/mol. The van der Waals surface area contributed by atoms with Crippen LogP contribution in [0.2, 0.25) is 0 Å². The molecule has 3 nitrogen and oxygen atoms in total. The van der Waals surface area contributed by atoms with Crippen LogP contribution in [0.25, 0.3) is 0 Å². The van der Waals surface area contributed by atoms with Gasteiger partial charge in [-0.25, -0.2) is 0 Å². The van der Waals surface area contributed by atoms with Crippen molar-refractivity contribution in [2.45, 2.75) is 71.9 Å². The van der Waals surface area contributed by atoms with Gasteiger partial charge in [-0.2, -0.15) is 5.10 Å². The topological polar surface area (TPSA) is 43.8 Å². The molecule has 1 aromatic heterocycles. The Morgan fingerprint density at radius 2 is 1.94 bits per heavy atom. The summed E-state index contributed by atoms with van der Waals surface area (Å²) in [7, 11) is 0. The van der Waals surface area contributed by atoms with E-state index in [1.54, 1.807) is 0 Å². The maximum atomic E-state index is 5.78. The highest BCUT2D eigenvalue weighted by Gasteiger charge is 2.19. The molecule has 0 saturated heterocycles. The van der Waals surface area contributed by atoms with E-state index >= 15 is 0 Å². The summed E-state index contributed by atoms with van der Waals surface area (Å²) in [5.74, 6) is 0. The fourth-order valence-electron chi connectivity index (χ4n) is 1.87. The van der Waals surface area contributed by atoms with Gasteiger partial charge in [0.05, 0.1) is 11.4 Å². The van der Waals surface area contributed by atoms with Crippen LogP contribution in [-0.2, 0) is 18.5 Å². The Balaban J connectivity index is 2.67. The summed E-state index contributed by atoms with van der Waals surface area (Å²) in [6, 6.07) is 2.15. The van der Waals surface area contributed by atoms with Crippen molar-refractivity contribution in [1.29, 1.82) is 0 Å². The highest BCUT2D eigenvalue weighted by atomic mass is 15.3. The van der Waals surface area contributed by atoms with E-state index in [0.717, 1.165) is 17.9 Å². The fourth-order valence-corrected chi connectivity index (χ4v) is 1.87. The van der Waals surface area contributed by atoms with Crippen molar-refractivity contribution in [1.82, 2.24) is 9.78 Å². The van der Waals surface area contributed by atoms with E-state index < -0.39 is 0 Å². The third-order valence-electron chi connectivity index (χ3n) is 3.06. The molecule has 0 bridgehead atoms. The zero-order chi connectivity index (χ0) is 12.9. The molecule has 0 amide bonds. The molecule has 0 spiro atoms. The van der Waals surface area contributed by atoms with Crippen LogP contribution in [0.1, 0.15) is 64.8 Å². The molecule has 0 aliphatic rings. The Bertz CT molecular complexity index is 334. The molecule has 0 fully saturated rings. The zero-order valence-corrected chi connectivity index (χ0v) is 11.8. The standard InChI is InChI=1S/C14H27N3/c1-5-6-7-8-9-17-12(11-15)10-13(16-17)14(2,3)4/h10H,5-9,11,15H2,1-4H3. The van der Waals surface area contributed by atoms with Crippen LogP contribution >= 0.6 is 0 Å². The molecule has 0 aromatic carbocycles. The largest absolute Gasteiger partial charge is 0.325 e. The van der Waals surface area contributed by atoms with Crippen molar-refractivity contribution in [2.24, 2.45) is 5.73 Å². The summed E-state index contributed by atoms with van der Waals surface area (Å²) in [5, 5.41) is 4.69. The third kappa shape index (κ3) is 4.15. The molecule has 17 heavy (non-hydrogen) atoms. The lowest BCUT2D eigenvalue weighted by atomic mass is 9.92. The van der Waals surface area contributed by atoms with Gasteiger partial charge in [0.2, 0.25) is 0 Å². The first kappa shape index (κ1) is 14.2. The Kier molecular flexibility index (Phi) is 5.19. The van der Waals surface area contributed by atoms with Gasteiger partial charge < -0.3 is 5.73 Å². The number of unbranched alkanes of at least 4 members (excludes halogenated alkanes) is 3. The SMILES string of the molecule is CCCCCCn1nc(C(C)(C)C)cc1CN. The second kappa shape index (κ2) is 6.20. The summed E-state index contributed by atoms with van der Waals surface area (Å²) in [4.78, 5) is 0. The molecule has 3 heteroatoms. The van der Waals surface area contributed by atoms with Gasteiger partial charge in [0, 0.05) is 18.5 Å². The first-order valence-electron chi connectivity index (χ1n) is 6.76. The average Bonchev–Trinajstić information content (AvgIpc) is 2.67. The summed E-state index contributed by atoms with van der Waals surface area (Å²) >= 11 is 0. The lowest BCUT2D eigenvalue weighted by Gasteiger charge is -2.14. The van der Waals surface area contributed by atoms with Crippen LogP contribution < -0.4 is 5.73 Å². The molecule has 98 valence electrons. The third-order valence-corrected chi connectivity index (χ3v) is 3.06. The Labute approximate surface area is 105 Å². The zero-order valence-electron chi connectivity index (χ0n) is 11.8. The molecule has 0 aliphatic carbocycles. The summed E-state index contributed by atoms with van der Waals surface area (Å²) in [5.41, 5.74) is 8.19. The van der Waals surface area contributed by atoms with E-state index in [2.05, 4.69) is 43.5 Å². The van der Waals surface area contributed by atoms with Crippen LogP contribution in [0.5, 0.6) is 0 Å². The van der Waals surface area contributed by atoms with Crippen LogP contribution in [0.15, 0.2) is 6.07 Å². The van der Waals surface area contributed by atoms with Crippen LogP contribution in [-0.4, -0.2) is 9.78 Å². The minimum absolute atomic E-state index is 0.110. The lowest BCUT2D eigenvalue weighted by Crippen LogP contribution is -2.13. The van der Waals surface area contributed by atoms with Gasteiger partial charge in [-0.15, -0.1) is 0 Å². The van der Waals surface area contributed by atoms with Gasteiger partial charge >= 0.3 is 0 Å². The molecule has 2 N–H and O–H groups in total. The van der Waals surface area contributed by atoms with Crippen LogP contribution in [0.4, 0.5) is 0 Å². The molecule has 0 unspecified atom stereocenters.